The van der Waals surface area contributed by atoms with E-state index in [4.69, 9.17) is 0 Å². The zero-order valence-electron chi connectivity index (χ0n) is 12.7. The van der Waals surface area contributed by atoms with E-state index in [1.165, 1.54) is 5.56 Å². The van der Waals surface area contributed by atoms with Crippen molar-refractivity contribution in [2.75, 3.05) is 13.1 Å². The molecule has 116 valence electrons. The molecule has 22 heavy (non-hydrogen) atoms. The molecule has 0 aliphatic carbocycles. The van der Waals surface area contributed by atoms with Gasteiger partial charge in [0.1, 0.15) is 5.82 Å². The Labute approximate surface area is 130 Å². The molecule has 3 rings (SSSR count). The summed E-state index contributed by atoms with van der Waals surface area (Å²) >= 11 is 0. The summed E-state index contributed by atoms with van der Waals surface area (Å²) in [6.45, 7) is 3.09. The zero-order valence-corrected chi connectivity index (χ0v) is 12.7. The molecule has 1 atom stereocenters. The monoisotopic (exact) mass is 298 g/mol. The summed E-state index contributed by atoms with van der Waals surface area (Å²) in [5, 5.41) is 6.22. The average Bonchev–Trinajstić information content (AvgIpc) is 3.23. The van der Waals surface area contributed by atoms with Crippen molar-refractivity contribution in [2.45, 2.75) is 25.9 Å². The number of nitrogens with one attached hydrogen (secondary N) is 2. The molecule has 1 aromatic carbocycles. The minimum atomic E-state index is 0.104. The maximum atomic E-state index is 12.0. The van der Waals surface area contributed by atoms with Gasteiger partial charge in [-0.05, 0) is 24.9 Å². The third-order valence-electron chi connectivity index (χ3n) is 4.14. The molecule has 0 radical (unpaired) electrons. The fraction of sp³-hybridized carbons (Fsp3) is 0.412. The van der Waals surface area contributed by atoms with Crippen LogP contribution < -0.4 is 10.6 Å². The van der Waals surface area contributed by atoms with E-state index < -0.39 is 0 Å². The van der Waals surface area contributed by atoms with Crippen LogP contribution in [0.5, 0.6) is 0 Å². The first-order valence-corrected chi connectivity index (χ1v) is 7.85. The summed E-state index contributed by atoms with van der Waals surface area (Å²) in [4.78, 5) is 16.4. The lowest BCUT2D eigenvalue weighted by molar-refractivity contribution is -0.124. The van der Waals surface area contributed by atoms with Crippen molar-refractivity contribution in [3.8, 4) is 0 Å². The van der Waals surface area contributed by atoms with Gasteiger partial charge in [0.05, 0.1) is 12.5 Å². The van der Waals surface area contributed by atoms with Gasteiger partial charge < -0.3 is 15.2 Å². The Kier molecular flexibility index (Phi) is 4.85. The van der Waals surface area contributed by atoms with E-state index in [0.29, 0.717) is 6.54 Å². The van der Waals surface area contributed by atoms with Gasteiger partial charge in [0, 0.05) is 25.5 Å². The van der Waals surface area contributed by atoms with Crippen molar-refractivity contribution >= 4 is 5.91 Å². The fourth-order valence-corrected chi connectivity index (χ4v) is 2.79. The Morgan fingerprint density at radius 1 is 1.36 bits per heavy atom. The lowest BCUT2D eigenvalue weighted by Crippen LogP contribution is -2.32. The Balaban J connectivity index is 1.52. The predicted molar refractivity (Wildman–Crippen MR) is 85.2 cm³/mol. The van der Waals surface area contributed by atoms with Crippen molar-refractivity contribution in [3.63, 3.8) is 0 Å². The smallest absolute Gasteiger partial charge is 0.224 e. The number of hydrogen-bond acceptors (Lipinski definition) is 3. The third kappa shape index (κ3) is 3.74. The van der Waals surface area contributed by atoms with Crippen LogP contribution in [0.4, 0.5) is 0 Å². The molecular weight excluding hydrogens is 276 g/mol. The molecule has 0 spiro atoms. The van der Waals surface area contributed by atoms with Crippen LogP contribution >= 0.6 is 0 Å². The van der Waals surface area contributed by atoms with Crippen molar-refractivity contribution in [2.24, 2.45) is 5.92 Å². The van der Waals surface area contributed by atoms with Gasteiger partial charge in [0.2, 0.25) is 5.91 Å². The number of hydrogen-bond donors (Lipinski definition) is 2. The van der Waals surface area contributed by atoms with Gasteiger partial charge in [-0.3, -0.25) is 4.79 Å². The molecule has 1 fully saturated rings. The maximum absolute atomic E-state index is 12.0. The van der Waals surface area contributed by atoms with Gasteiger partial charge in [-0.25, -0.2) is 4.98 Å². The number of nitrogens with zero attached hydrogens (tertiary/aromatic N) is 2. The first kappa shape index (κ1) is 14.8. The number of carbonyl (C=O) groups excluding carboxylic acids is 1. The second-order valence-electron chi connectivity index (χ2n) is 5.68. The second kappa shape index (κ2) is 7.22. The van der Waals surface area contributed by atoms with E-state index in [9.17, 15) is 4.79 Å². The molecule has 2 heterocycles. The number of amides is 1. The highest BCUT2D eigenvalue weighted by Crippen LogP contribution is 2.08. The number of aromatic nitrogens is 2. The van der Waals surface area contributed by atoms with Gasteiger partial charge in [0.25, 0.3) is 0 Å². The van der Waals surface area contributed by atoms with E-state index in [1.807, 2.05) is 12.3 Å². The lowest BCUT2D eigenvalue weighted by Gasteiger charge is -2.11. The molecule has 1 aliphatic rings. The van der Waals surface area contributed by atoms with Crippen LogP contribution in [0.1, 0.15) is 17.8 Å². The summed E-state index contributed by atoms with van der Waals surface area (Å²) < 4.78 is 2.11. The van der Waals surface area contributed by atoms with Gasteiger partial charge in [0.15, 0.2) is 0 Å². The topological polar surface area (TPSA) is 59.0 Å². The van der Waals surface area contributed by atoms with Crippen LogP contribution in [-0.2, 0) is 24.3 Å². The van der Waals surface area contributed by atoms with Crippen molar-refractivity contribution in [1.82, 2.24) is 20.2 Å². The van der Waals surface area contributed by atoms with Crippen LogP contribution in [0, 0.1) is 5.92 Å². The highest BCUT2D eigenvalue weighted by Gasteiger charge is 2.22. The summed E-state index contributed by atoms with van der Waals surface area (Å²) in [5.41, 5.74) is 1.31. The molecule has 0 saturated carbocycles. The molecule has 1 saturated heterocycles. The first-order chi connectivity index (χ1) is 10.8. The number of aryl methyl sites for hydroxylation is 2. The number of imidazole rings is 1. The summed E-state index contributed by atoms with van der Waals surface area (Å²) in [6, 6.07) is 10.4. The summed E-state index contributed by atoms with van der Waals surface area (Å²) in [6.07, 6.45) is 5.66. The maximum Gasteiger partial charge on any atom is 0.224 e. The Morgan fingerprint density at radius 3 is 3.00 bits per heavy atom. The van der Waals surface area contributed by atoms with Crippen molar-refractivity contribution in [1.29, 1.82) is 0 Å². The lowest BCUT2D eigenvalue weighted by atomic mass is 10.1. The number of rotatable bonds is 6. The van der Waals surface area contributed by atoms with Gasteiger partial charge in [-0.2, -0.15) is 0 Å². The first-order valence-electron chi connectivity index (χ1n) is 7.85. The molecule has 1 amide bonds. The summed E-state index contributed by atoms with van der Waals surface area (Å²) in [5.74, 6) is 1.14. The standard InChI is InChI=1S/C17H22N4O/c22-17(15-6-8-18-12-15)20-13-16-19-9-11-21(16)10-7-14-4-2-1-3-5-14/h1-5,9,11,15,18H,6-8,10,12-13H2,(H,20,22). The van der Waals surface area contributed by atoms with E-state index in [1.54, 1.807) is 6.20 Å². The highest BCUT2D eigenvalue weighted by molar-refractivity contribution is 5.79. The molecule has 2 aromatic rings. The molecule has 2 N–H and O–H groups in total. The van der Waals surface area contributed by atoms with E-state index in [-0.39, 0.29) is 11.8 Å². The minimum Gasteiger partial charge on any atom is -0.349 e. The summed E-state index contributed by atoms with van der Waals surface area (Å²) in [7, 11) is 0. The largest absolute Gasteiger partial charge is 0.349 e. The molecule has 5 nitrogen and oxygen atoms in total. The molecule has 1 aliphatic heterocycles. The van der Waals surface area contributed by atoms with Gasteiger partial charge in [-0.1, -0.05) is 30.3 Å². The van der Waals surface area contributed by atoms with Gasteiger partial charge >= 0.3 is 0 Å². The Hall–Kier alpha value is -2.14. The Bertz CT molecular complexity index is 602. The number of benzene rings is 1. The van der Waals surface area contributed by atoms with Crippen molar-refractivity contribution in [3.05, 3.63) is 54.1 Å². The fourth-order valence-electron chi connectivity index (χ4n) is 2.79. The van der Waals surface area contributed by atoms with Gasteiger partial charge in [-0.15, -0.1) is 0 Å². The molecular formula is C17H22N4O. The molecule has 5 heteroatoms. The quantitative estimate of drug-likeness (QED) is 0.846. The third-order valence-corrected chi connectivity index (χ3v) is 4.14. The highest BCUT2D eigenvalue weighted by atomic mass is 16.1. The number of carbonyl (C=O) groups is 1. The van der Waals surface area contributed by atoms with Crippen LogP contribution in [0.3, 0.4) is 0 Å². The van der Waals surface area contributed by atoms with E-state index >= 15 is 0 Å². The Morgan fingerprint density at radius 2 is 2.23 bits per heavy atom. The van der Waals surface area contributed by atoms with Crippen molar-refractivity contribution < 1.29 is 4.79 Å². The van der Waals surface area contributed by atoms with Crippen LogP contribution in [-0.4, -0.2) is 28.5 Å². The predicted octanol–water partition coefficient (Wildman–Crippen LogP) is 1.35. The SMILES string of the molecule is O=C(NCc1nccn1CCc1ccccc1)C1CCNC1. The van der Waals surface area contributed by atoms with Crippen LogP contribution in [0.25, 0.3) is 0 Å². The molecule has 0 bridgehead atoms. The van der Waals surface area contributed by atoms with Crippen LogP contribution in [0.2, 0.25) is 0 Å². The zero-order chi connectivity index (χ0) is 15.2. The molecule has 1 aromatic heterocycles. The normalized spacial score (nSPS) is 17.5. The second-order valence-corrected chi connectivity index (χ2v) is 5.68. The van der Waals surface area contributed by atoms with E-state index in [2.05, 4.69) is 44.5 Å². The van der Waals surface area contributed by atoms with Crippen LogP contribution in [0.15, 0.2) is 42.7 Å². The minimum absolute atomic E-state index is 0.104. The molecule has 1 unspecified atom stereocenters. The average molecular weight is 298 g/mol. The van der Waals surface area contributed by atoms with E-state index in [0.717, 1.165) is 38.3 Å².